The Labute approximate surface area is 164 Å². The number of nitrogens with zero attached hydrogens (tertiary/aromatic N) is 3. The molecule has 6 nitrogen and oxygen atoms in total. The molecule has 0 aromatic rings. The zero-order valence-corrected chi connectivity index (χ0v) is 17.5. The van der Waals surface area contributed by atoms with E-state index in [0.717, 1.165) is 51.7 Å². The number of amides is 2. The molecule has 0 radical (unpaired) electrons. The van der Waals surface area contributed by atoms with Gasteiger partial charge in [-0.15, -0.1) is 0 Å². The van der Waals surface area contributed by atoms with E-state index in [9.17, 15) is 9.59 Å². The molecule has 0 saturated carbocycles. The Morgan fingerprint density at radius 3 is 1.96 bits per heavy atom. The van der Waals surface area contributed by atoms with Crippen LogP contribution in [0.1, 0.15) is 59.8 Å². The topological polar surface area (TPSA) is 53.1 Å². The minimum Gasteiger partial charge on any atom is -0.373 e. The van der Waals surface area contributed by atoms with Gasteiger partial charge in [0.2, 0.25) is 0 Å². The lowest BCUT2D eigenvalue weighted by Crippen LogP contribution is -2.55. The quantitative estimate of drug-likeness (QED) is 0.690. The van der Waals surface area contributed by atoms with E-state index in [1.807, 2.05) is 4.90 Å². The highest BCUT2D eigenvalue weighted by Gasteiger charge is 2.36. The second-order valence-corrected chi connectivity index (χ2v) is 9.05. The summed E-state index contributed by atoms with van der Waals surface area (Å²) in [7, 11) is 0. The minimum atomic E-state index is -0.289. The van der Waals surface area contributed by atoms with Gasteiger partial charge in [0.15, 0.2) is 0 Å². The highest BCUT2D eigenvalue weighted by Crippen LogP contribution is 2.25. The van der Waals surface area contributed by atoms with Gasteiger partial charge in [-0.25, -0.2) is 0 Å². The first-order valence-corrected chi connectivity index (χ1v) is 10.8. The molecule has 6 heteroatoms. The van der Waals surface area contributed by atoms with Gasteiger partial charge in [-0.1, -0.05) is 0 Å². The standard InChI is InChI=1S/C21H37N3O3/c1-15-6-5-7-16(2)24(15)21(26)20(25)23-10-8-19(9-11-23)14-22-12-17(3)27-18(4)13-22/h15-19H,5-14H2,1-4H3/t15-,16-,17-,18-/m1/s1. The molecule has 3 aliphatic rings. The van der Waals surface area contributed by atoms with Gasteiger partial charge in [0.25, 0.3) is 0 Å². The maximum atomic E-state index is 12.8. The number of piperidine rings is 2. The Morgan fingerprint density at radius 2 is 1.41 bits per heavy atom. The number of hydrogen-bond acceptors (Lipinski definition) is 4. The van der Waals surface area contributed by atoms with Crippen LogP contribution in [0, 0.1) is 5.92 Å². The van der Waals surface area contributed by atoms with Crippen molar-refractivity contribution in [3.05, 3.63) is 0 Å². The Kier molecular flexibility index (Phi) is 6.79. The van der Waals surface area contributed by atoms with Crippen LogP contribution in [0.4, 0.5) is 0 Å². The van der Waals surface area contributed by atoms with Crippen LogP contribution in [-0.2, 0) is 14.3 Å². The molecule has 3 aliphatic heterocycles. The lowest BCUT2D eigenvalue weighted by Gasteiger charge is -2.41. The van der Waals surface area contributed by atoms with E-state index < -0.39 is 0 Å². The van der Waals surface area contributed by atoms with E-state index in [1.165, 1.54) is 0 Å². The molecule has 0 bridgehead atoms. The number of rotatable bonds is 2. The minimum absolute atomic E-state index is 0.174. The van der Waals surface area contributed by atoms with Crippen molar-refractivity contribution in [2.45, 2.75) is 84.1 Å². The summed E-state index contributed by atoms with van der Waals surface area (Å²) < 4.78 is 5.82. The molecule has 4 atom stereocenters. The molecule has 27 heavy (non-hydrogen) atoms. The normalized spacial score (nSPS) is 33.9. The van der Waals surface area contributed by atoms with E-state index in [-0.39, 0.29) is 23.9 Å². The second-order valence-electron chi connectivity index (χ2n) is 9.05. The Balaban J connectivity index is 1.48. The van der Waals surface area contributed by atoms with Crippen LogP contribution >= 0.6 is 0 Å². The molecule has 0 spiro atoms. The van der Waals surface area contributed by atoms with E-state index in [0.29, 0.717) is 31.2 Å². The van der Waals surface area contributed by atoms with E-state index in [4.69, 9.17) is 4.74 Å². The molecule has 0 unspecified atom stereocenters. The van der Waals surface area contributed by atoms with Crippen molar-refractivity contribution < 1.29 is 14.3 Å². The second kappa shape index (κ2) is 8.91. The van der Waals surface area contributed by atoms with Crippen LogP contribution < -0.4 is 0 Å². The van der Waals surface area contributed by atoms with Crippen LogP contribution in [-0.4, -0.2) is 83.5 Å². The number of ether oxygens (including phenoxy) is 1. The first-order valence-electron chi connectivity index (χ1n) is 10.8. The number of hydrogen-bond donors (Lipinski definition) is 0. The molecule has 0 aliphatic carbocycles. The molecule has 3 heterocycles. The number of carbonyl (C=O) groups is 2. The van der Waals surface area contributed by atoms with Crippen molar-refractivity contribution in [1.82, 2.24) is 14.7 Å². The van der Waals surface area contributed by atoms with Gasteiger partial charge < -0.3 is 14.5 Å². The summed E-state index contributed by atoms with van der Waals surface area (Å²) in [6, 6.07) is 0.348. The summed E-state index contributed by atoms with van der Waals surface area (Å²) in [4.78, 5) is 31.7. The molecular formula is C21H37N3O3. The molecule has 2 amide bonds. The average molecular weight is 380 g/mol. The van der Waals surface area contributed by atoms with Crippen LogP contribution in [0.5, 0.6) is 0 Å². The first kappa shape index (κ1) is 20.6. The summed E-state index contributed by atoms with van der Waals surface area (Å²) in [6.07, 6.45) is 5.71. The zero-order chi connectivity index (χ0) is 19.6. The molecule has 0 N–H and O–H groups in total. The Bertz CT molecular complexity index is 513. The Hall–Kier alpha value is -1.14. The lowest BCUT2D eigenvalue weighted by atomic mass is 9.95. The lowest BCUT2D eigenvalue weighted by molar-refractivity contribution is -0.156. The van der Waals surface area contributed by atoms with Gasteiger partial charge in [0.05, 0.1) is 12.2 Å². The smallest absolute Gasteiger partial charge is 0.312 e. The molecular weight excluding hydrogens is 342 g/mol. The highest BCUT2D eigenvalue weighted by atomic mass is 16.5. The molecule has 154 valence electrons. The maximum Gasteiger partial charge on any atom is 0.312 e. The van der Waals surface area contributed by atoms with Crippen LogP contribution in [0.2, 0.25) is 0 Å². The van der Waals surface area contributed by atoms with Crippen molar-refractivity contribution in [2.75, 3.05) is 32.7 Å². The predicted octanol–water partition coefficient (Wildman–Crippen LogP) is 2.12. The number of carbonyl (C=O) groups excluding carboxylic acids is 2. The SMILES string of the molecule is C[C@@H]1CN(CC2CCN(C(=O)C(=O)N3[C@H](C)CCC[C@H]3C)CC2)C[C@@H](C)O1. The summed E-state index contributed by atoms with van der Waals surface area (Å²) in [5, 5.41) is 0. The van der Waals surface area contributed by atoms with Gasteiger partial charge >= 0.3 is 11.8 Å². The molecule has 3 fully saturated rings. The van der Waals surface area contributed by atoms with Gasteiger partial charge in [-0.3, -0.25) is 14.5 Å². The maximum absolute atomic E-state index is 12.8. The largest absolute Gasteiger partial charge is 0.373 e. The van der Waals surface area contributed by atoms with Gasteiger partial charge in [0, 0.05) is 44.8 Å². The number of morpholine rings is 1. The fourth-order valence-electron chi connectivity index (χ4n) is 5.18. The summed E-state index contributed by atoms with van der Waals surface area (Å²) in [5.41, 5.74) is 0. The van der Waals surface area contributed by atoms with Crippen molar-refractivity contribution in [3.63, 3.8) is 0 Å². The molecule has 0 aromatic carbocycles. The molecule has 0 aromatic heterocycles. The van der Waals surface area contributed by atoms with Crippen LogP contribution in [0.3, 0.4) is 0 Å². The average Bonchev–Trinajstić information content (AvgIpc) is 2.60. The van der Waals surface area contributed by atoms with Crippen molar-refractivity contribution >= 4 is 11.8 Å². The Morgan fingerprint density at radius 1 is 0.852 bits per heavy atom. The van der Waals surface area contributed by atoms with Crippen molar-refractivity contribution in [1.29, 1.82) is 0 Å². The monoisotopic (exact) mass is 379 g/mol. The fourth-order valence-corrected chi connectivity index (χ4v) is 5.18. The third-order valence-corrected chi connectivity index (χ3v) is 6.52. The summed E-state index contributed by atoms with van der Waals surface area (Å²) in [5.74, 6) is 0.0288. The molecule has 3 saturated heterocycles. The summed E-state index contributed by atoms with van der Waals surface area (Å²) in [6.45, 7) is 12.9. The van der Waals surface area contributed by atoms with Gasteiger partial charge in [-0.05, 0) is 65.7 Å². The zero-order valence-electron chi connectivity index (χ0n) is 17.5. The molecule has 3 rings (SSSR count). The predicted molar refractivity (Wildman–Crippen MR) is 105 cm³/mol. The highest BCUT2D eigenvalue weighted by molar-refractivity contribution is 6.35. The number of likely N-dealkylation sites (tertiary alicyclic amines) is 2. The van der Waals surface area contributed by atoms with Crippen molar-refractivity contribution in [3.8, 4) is 0 Å². The van der Waals surface area contributed by atoms with Crippen LogP contribution in [0.15, 0.2) is 0 Å². The third kappa shape index (κ3) is 5.02. The van der Waals surface area contributed by atoms with Gasteiger partial charge in [0.1, 0.15) is 0 Å². The van der Waals surface area contributed by atoms with E-state index in [2.05, 4.69) is 32.6 Å². The van der Waals surface area contributed by atoms with E-state index >= 15 is 0 Å². The fraction of sp³-hybridized carbons (Fsp3) is 0.905. The first-order chi connectivity index (χ1) is 12.8. The van der Waals surface area contributed by atoms with Crippen LogP contribution in [0.25, 0.3) is 0 Å². The summed E-state index contributed by atoms with van der Waals surface area (Å²) >= 11 is 0. The van der Waals surface area contributed by atoms with Crippen molar-refractivity contribution in [2.24, 2.45) is 5.92 Å². The van der Waals surface area contributed by atoms with E-state index in [1.54, 1.807) is 4.90 Å². The third-order valence-electron chi connectivity index (χ3n) is 6.52. The van der Waals surface area contributed by atoms with Gasteiger partial charge in [-0.2, -0.15) is 0 Å².